The highest BCUT2D eigenvalue weighted by Gasteiger charge is 2.41. The van der Waals surface area contributed by atoms with Gasteiger partial charge in [0.25, 0.3) is 5.91 Å². The summed E-state index contributed by atoms with van der Waals surface area (Å²) in [6.45, 7) is 3.23. The van der Waals surface area contributed by atoms with Crippen molar-refractivity contribution in [2.75, 3.05) is 18.1 Å². The molecule has 2 aromatic carbocycles. The minimum Gasteiger partial charge on any atom is -0.381 e. The summed E-state index contributed by atoms with van der Waals surface area (Å²) in [6, 6.07) is 8.02. The molecule has 1 aromatic heterocycles. The van der Waals surface area contributed by atoms with E-state index in [1.165, 1.54) is 11.0 Å². The number of benzene rings is 2. The maximum absolute atomic E-state index is 14.2. The number of amides is 1. The molecule has 3 aromatic rings. The second-order valence-corrected chi connectivity index (χ2v) is 11.6. The van der Waals surface area contributed by atoms with Crippen LogP contribution in [0.15, 0.2) is 36.7 Å². The van der Waals surface area contributed by atoms with Crippen molar-refractivity contribution in [2.45, 2.75) is 56.9 Å². The molecule has 1 saturated heterocycles. The van der Waals surface area contributed by atoms with Crippen molar-refractivity contribution >= 4 is 23.2 Å². The zero-order valence-electron chi connectivity index (χ0n) is 21.7. The summed E-state index contributed by atoms with van der Waals surface area (Å²) in [4.78, 5) is 15.0. The molecule has 39 heavy (non-hydrogen) atoms. The summed E-state index contributed by atoms with van der Waals surface area (Å²) in [5, 5.41) is 12.1. The van der Waals surface area contributed by atoms with Crippen molar-refractivity contribution in [1.29, 1.82) is 0 Å². The molecule has 1 unspecified atom stereocenters. The Balaban J connectivity index is 1.36. The summed E-state index contributed by atoms with van der Waals surface area (Å²) < 4.78 is 49.9. The summed E-state index contributed by atoms with van der Waals surface area (Å²) >= 11 is 6.53. The molecule has 0 spiro atoms. The van der Waals surface area contributed by atoms with Crippen molar-refractivity contribution in [3.63, 3.8) is 0 Å². The van der Waals surface area contributed by atoms with Crippen molar-refractivity contribution < 1.29 is 22.7 Å². The Morgan fingerprint density at radius 1 is 1.21 bits per heavy atom. The molecule has 11 heteroatoms. The molecule has 1 amide bonds. The number of rotatable bonds is 7. The highest BCUT2D eigenvalue weighted by molar-refractivity contribution is 6.31. The summed E-state index contributed by atoms with van der Waals surface area (Å²) in [5.41, 5.74) is 0.932. The SMILES string of the molecule is Cn1cnnc1C(c1cc(Cl)cc(N2Cc3c(cc(CNC4(C)CCC4)cc3C(F)(F)F)C2=O)c1)C1COC1. The van der Waals surface area contributed by atoms with E-state index in [9.17, 15) is 18.0 Å². The molecule has 0 bridgehead atoms. The number of alkyl halides is 3. The number of hydrogen-bond donors (Lipinski definition) is 1. The Morgan fingerprint density at radius 2 is 1.97 bits per heavy atom. The van der Waals surface area contributed by atoms with Gasteiger partial charge in [-0.15, -0.1) is 10.2 Å². The normalized spacial score (nSPS) is 19.5. The van der Waals surface area contributed by atoms with Crippen LogP contribution in [0.25, 0.3) is 0 Å². The van der Waals surface area contributed by atoms with Crippen LogP contribution in [0.5, 0.6) is 0 Å². The third-order valence-electron chi connectivity index (χ3n) is 8.32. The second-order valence-electron chi connectivity index (χ2n) is 11.1. The summed E-state index contributed by atoms with van der Waals surface area (Å²) in [7, 11) is 1.85. The van der Waals surface area contributed by atoms with E-state index in [1.807, 2.05) is 23.7 Å². The molecule has 1 N–H and O–H groups in total. The van der Waals surface area contributed by atoms with Crippen LogP contribution < -0.4 is 10.2 Å². The lowest BCUT2D eigenvalue weighted by molar-refractivity contribution is -0.138. The second kappa shape index (κ2) is 9.60. The molecule has 3 heterocycles. The zero-order chi connectivity index (χ0) is 27.5. The molecule has 1 atom stereocenters. The predicted molar refractivity (Wildman–Crippen MR) is 140 cm³/mol. The molecule has 2 fully saturated rings. The zero-order valence-corrected chi connectivity index (χ0v) is 22.4. The Morgan fingerprint density at radius 3 is 2.56 bits per heavy atom. The smallest absolute Gasteiger partial charge is 0.381 e. The number of hydrogen-bond acceptors (Lipinski definition) is 5. The number of nitrogens with one attached hydrogen (secondary N) is 1. The Hall–Kier alpha value is -2.95. The fourth-order valence-electron chi connectivity index (χ4n) is 5.81. The number of nitrogens with zero attached hydrogens (tertiary/aromatic N) is 4. The minimum absolute atomic E-state index is 0.00937. The molecule has 1 saturated carbocycles. The van der Waals surface area contributed by atoms with Crippen molar-refractivity contribution in [1.82, 2.24) is 20.1 Å². The average Bonchev–Trinajstić information content (AvgIpc) is 3.40. The third kappa shape index (κ3) is 4.83. The van der Waals surface area contributed by atoms with Gasteiger partial charge in [-0.05, 0) is 73.2 Å². The van der Waals surface area contributed by atoms with Crippen LogP contribution in [0.2, 0.25) is 5.02 Å². The van der Waals surface area contributed by atoms with Gasteiger partial charge in [-0.1, -0.05) is 11.6 Å². The van der Waals surface area contributed by atoms with E-state index in [-0.39, 0.29) is 41.6 Å². The van der Waals surface area contributed by atoms with Gasteiger partial charge in [0.15, 0.2) is 0 Å². The fraction of sp³-hybridized carbons (Fsp3) is 0.464. The van der Waals surface area contributed by atoms with Gasteiger partial charge in [0.05, 0.1) is 31.2 Å². The number of ether oxygens (including phenoxy) is 1. The highest BCUT2D eigenvalue weighted by Crippen LogP contribution is 2.42. The van der Waals surface area contributed by atoms with Gasteiger partial charge in [-0.25, -0.2) is 0 Å². The van der Waals surface area contributed by atoms with Gasteiger partial charge >= 0.3 is 6.18 Å². The third-order valence-corrected chi connectivity index (χ3v) is 8.54. The van der Waals surface area contributed by atoms with Gasteiger partial charge in [0, 0.05) is 41.3 Å². The van der Waals surface area contributed by atoms with Crippen molar-refractivity contribution in [3.8, 4) is 0 Å². The van der Waals surface area contributed by atoms with E-state index in [4.69, 9.17) is 16.3 Å². The summed E-state index contributed by atoms with van der Waals surface area (Å²) in [6.07, 6.45) is 0.0927. The van der Waals surface area contributed by atoms with Crippen LogP contribution >= 0.6 is 11.6 Å². The molecule has 6 rings (SSSR count). The lowest BCUT2D eigenvalue weighted by atomic mass is 9.78. The van der Waals surface area contributed by atoms with Crippen LogP contribution in [0, 0.1) is 5.92 Å². The van der Waals surface area contributed by atoms with Crippen LogP contribution in [0.3, 0.4) is 0 Å². The molecule has 1 aliphatic carbocycles. The monoisotopic (exact) mass is 559 g/mol. The first-order valence-electron chi connectivity index (χ1n) is 13.0. The molecule has 3 aliphatic rings. The molecule has 206 valence electrons. The quantitative estimate of drug-likeness (QED) is 0.416. The van der Waals surface area contributed by atoms with E-state index in [1.54, 1.807) is 18.5 Å². The Labute approximate surface area is 229 Å². The Bertz CT molecular complexity index is 1430. The average molecular weight is 560 g/mol. The molecule has 2 aliphatic heterocycles. The number of aromatic nitrogens is 3. The lowest BCUT2D eigenvalue weighted by Crippen LogP contribution is -2.47. The van der Waals surface area contributed by atoms with E-state index in [0.29, 0.717) is 29.5 Å². The minimum atomic E-state index is -4.59. The van der Waals surface area contributed by atoms with E-state index in [2.05, 4.69) is 22.4 Å². The van der Waals surface area contributed by atoms with E-state index >= 15 is 0 Å². The van der Waals surface area contributed by atoms with Gasteiger partial charge in [0.2, 0.25) is 0 Å². The van der Waals surface area contributed by atoms with Crippen molar-refractivity contribution in [3.05, 3.63) is 75.3 Å². The maximum Gasteiger partial charge on any atom is 0.416 e. The first-order chi connectivity index (χ1) is 18.5. The number of halogens is 4. The molecular formula is C28H29ClF3N5O2. The fourth-order valence-corrected chi connectivity index (χ4v) is 6.05. The van der Waals surface area contributed by atoms with Crippen LogP contribution in [0.1, 0.15) is 70.5 Å². The molecule has 7 nitrogen and oxygen atoms in total. The number of fused-ring (bicyclic) bond motifs is 1. The van der Waals surface area contributed by atoms with E-state index < -0.39 is 17.6 Å². The van der Waals surface area contributed by atoms with Crippen LogP contribution in [0.4, 0.5) is 18.9 Å². The number of aryl methyl sites for hydroxylation is 1. The van der Waals surface area contributed by atoms with Crippen LogP contribution in [-0.2, 0) is 31.1 Å². The molecule has 0 radical (unpaired) electrons. The largest absolute Gasteiger partial charge is 0.416 e. The van der Waals surface area contributed by atoms with Gasteiger partial charge in [-0.2, -0.15) is 13.2 Å². The maximum atomic E-state index is 14.2. The summed E-state index contributed by atoms with van der Waals surface area (Å²) in [5.74, 6) is 0.196. The first-order valence-corrected chi connectivity index (χ1v) is 13.4. The highest BCUT2D eigenvalue weighted by atomic mass is 35.5. The topological polar surface area (TPSA) is 72.3 Å². The van der Waals surface area contributed by atoms with Gasteiger partial charge in [0.1, 0.15) is 12.2 Å². The van der Waals surface area contributed by atoms with Crippen molar-refractivity contribution in [2.24, 2.45) is 13.0 Å². The van der Waals surface area contributed by atoms with Gasteiger partial charge < -0.3 is 19.5 Å². The first kappa shape index (κ1) is 26.3. The van der Waals surface area contributed by atoms with E-state index in [0.717, 1.165) is 30.7 Å². The molecular weight excluding hydrogens is 531 g/mol. The predicted octanol–water partition coefficient (Wildman–Crippen LogP) is 5.46. The standard InChI is InChI=1S/C28H29ClF3N5O2/c1-27(4-3-5-27)33-11-16-6-21-22(23(7-16)28(30,31)32)12-37(26(21)38)20-9-17(8-19(29)10-20)24(18-13-39-14-18)25-35-34-15-36(25)2/h6-10,15,18,24,33H,3-5,11-14H2,1-2H3. The lowest BCUT2D eigenvalue weighted by Gasteiger charge is -2.39. The van der Waals surface area contributed by atoms with Crippen LogP contribution in [-0.4, -0.2) is 39.4 Å². The van der Waals surface area contributed by atoms with Gasteiger partial charge in [-0.3, -0.25) is 4.79 Å². The number of anilines is 1. The number of carbonyl (C=O) groups excluding carboxylic acids is 1. The number of carbonyl (C=O) groups is 1. The Kier molecular flexibility index (Phi) is 6.47.